The van der Waals surface area contributed by atoms with Crippen LogP contribution in [0.5, 0.6) is 0 Å². The molecule has 0 N–H and O–H groups in total. The summed E-state index contributed by atoms with van der Waals surface area (Å²) in [6, 6.07) is 0. The first-order valence-electron chi connectivity index (χ1n) is 4.33. The first kappa shape index (κ1) is 10.6. The molecule has 6 heteroatoms. The van der Waals surface area contributed by atoms with Gasteiger partial charge in [-0.2, -0.15) is 0 Å². The van der Waals surface area contributed by atoms with Gasteiger partial charge in [0.25, 0.3) is 0 Å². The van der Waals surface area contributed by atoms with E-state index in [4.69, 9.17) is 0 Å². The Morgan fingerprint density at radius 2 is 2.29 bits per heavy atom. The molecule has 0 aliphatic heterocycles. The van der Waals surface area contributed by atoms with E-state index in [1.807, 2.05) is 19.0 Å². The molecule has 0 aliphatic carbocycles. The molecule has 0 saturated carbocycles. The average Bonchev–Trinajstić information content (AvgIpc) is 2.43. The van der Waals surface area contributed by atoms with E-state index in [2.05, 4.69) is 4.98 Å². The summed E-state index contributed by atoms with van der Waals surface area (Å²) in [5.41, 5.74) is 0. The van der Waals surface area contributed by atoms with E-state index >= 15 is 0 Å². The van der Waals surface area contributed by atoms with Crippen LogP contribution in [0.25, 0.3) is 0 Å². The maximum atomic E-state index is 10.6. The number of aromatic nitrogens is 2. The van der Waals surface area contributed by atoms with Gasteiger partial charge in [-0.25, -0.2) is 9.55 Å². The molecule has 78 valence electrons. The number of likely N-dealkylation sites (N-methyl/N-ethyl adjacent to an activating group) is 1. The van der Waals surface area contributed by atoms with E-state index in [1.54, 1.807) is 11.5 Å². The zero-order chi connectivity index (χ0) is 10.7. The third-order valence-corrected chi connectivity index (χ3v) is 1.99. The van der Waals surface area contributed by atoms with Crippen molar-refractivity contribution in [2.24, 2.45) is 0 Å². The number of hydrogen-bond acceptors (Lipinski definition) is 4. The molecule has 0 atom stereocenters. The predicted molar refractivity (Wildman–Crippen MR) is 52.2 cm³/mol. The Labute approximate surface area is 82.3 Å². The van der Waals surface area contributed by atoms with Crippen molar-refractivity contribution < 1.29 is 4.92 Å². The van der Waals surface area contributed by atoms with Crippen LogP contribution in [0.4, 0.5) is 5.82 Å². The second-order valence-electron chi connectivity index (χ2n) is 3.38. The molecule has 1 rings (SSSR count). The van der Waals surface area contributed by atoms with Crippen molar-refractivity contribution >= 4 is 5.82 Å². The molecule has 0 spiro atoms. The molecule has 1 heterocycles. The molecule has 1 aromatic heterocycles. The topological polar surface area (TPSA) is 64.2 Å². The van der Waals surface area contributed by atoms with Crippen LogP contribution in [0.2, 0.25) is 0 Å². The van der Waals surface area contributed by atoms with Gasteiger partial charge in [-0.15, -0.1) is 0 Å². The number of rotatable bonds is 4. The van der Waals surface area contributed by atoms with E-state index < -0.39 is 4.92 Å². The lowest BCUT2D eigenvalue weighted by atomic mass is 10.5. The first-order valence-corrected chi connectivity index (χ1v) is 4.33. The van der Waals surface area contributed by atoms with Crippen molar-refractivity contribution in [3.05, 3.63) is 22.1 Å². The second kappa shape index (κ2) is 4.19. The maximum absolute atomic E-state index is 10.6. The number of hydrogen-bond donors (Lipinski definition) is 0. The summed E-state index contributed by atoms with van der Waals surface area (Å²) >= 11 is 0. The van der Waals surface area contributed by atoms with Crippen LogP contribution >= 0.6 is 0 Å². The highest BCUT2D eigenvalue weighted by Crippen LogP contribution is 2.12. The smallest absolute Gasteiger partial charge is 0.342 e. The molecule has 6 nitrogen and oxygen atoms in total. The monoisotopic (exact) mass is 198 g/mol. The fourth-order valence-corrected chi connectivity index (χ4v) is 1.18. The van der Waals surface area contributed by atoms with Crippen molar-refractivity contribution in [1.29, 1.82) is 0 Å². The molecule has 0 fully saturated rings. The highest BCUT2D eigenvalue weighted by molar-refractivity contribution is 5.18. The first-order chi connectivity index (χ1) is 6.52. The molecular weight excluding hydrogens is 184 g/mol. The Morgan fingerprint density at radius 3 is 2.79 bits per heavy atom. The minimum absolute atomic E-state index is 0.0596. The highest BCUT2D eigenvalue weighted by Gasteiger charge is 2.16. The van der Waals surface area contributed by atoms with Crippen molar-refractivity contribution in [2.75, 3.05) is 20.6 Å². The number of nitrogens with zero attached hydrogens (tertiary/aromatic N) is 4. The Balaban J connectivity index is 2.83. The Hall–Kier alpha value is -1.43. The molecule has 14 heavy (non-hydrogen) atoms. The number of aryl methyl sites for hydroxylation is 1. The fourth-order valence-electron chi connectivity index (χ4n) is 1.18. The standard InChI is InChI=1S/C8H14N4O2/c1-7-9-6-8(12(13)14)11(7)5-4-10(2)3/h6H,4-5H2,1-3H3. The van der Waals surface area contributed by atoms with Gasteiger partial charge in [0.1, 0.15) is 12.7 Å². The largest absolute Gasteiger partial charge is 0.358 e. The summed E-state index contributed by atoms with van der Waals surface area (Å²) in [5.74, 6) is 0.739. The van der Waals surface area contributed by atoms with Crippen LogP contribution in [-0.4, -0.2) is 40.0 Å². The van der Waals surface area contributed by atoms with Crippen molar-refractivity contribution in [3.63, 3.8) is 0 Å². The van der Waals surface area contributed by atoms with Crippen LogP contribution in [0.15, 0.2) is 6.20 Å². The lowest BCUT2D eigenvalue weighted by Crippen LogP contribution is -2.19. The summed E-state index contributed by atoms with van der Waals surface area (Å²) in [6.07, 6.45) is 1.30. The zero-order valence-corrected chi connectivity index (χ0v) is 8.60. The third-order valence-electron chi connectivity index (χ3n) is 1.99. The molecule has 0 unspecified atom stereocenters. The van der Waals surface area contributed by atoms with Gasteiger partial charge in [-0.3, -0.25) is 0 Å². The van der Waals surface area contributed by atoms with Crippen LogP contribution in [-0.2, 0) is 6.54 Å². The summed E-state index contributed by atoms with van der Waals surface area (Å²) < 4.78 is 1.61. The normalized spacial score (nSPS) is 10.9. The minimum atomic E-state index is -0.407. The third kappa shape index (κ3) is 2.29. The van der Waals surface area contributed by atoms with Crippen LogP contribution in [0.3, 0.4) is 0 Å². The van der Waals surface area contributed by atoms with Gasteiger partial charge >= 0.3 is 5.82 Å². The maximum Gasteiger partial charge on any atom is 0.342 e. The molecule has 0 saturated heterocycles. The second-order valence-corrected chi connectivity index (χ2v) is 3.38. The Kier molecular flexibility index (Phi) is 3.19. The van der Waals surface area contributed by atoms with Gasteiger partial charge in [-0.1, -0.05) is 0 Å². The van der Waals surface area contributed by atoms with Gasteiger partial charge in [0.2, 0.25) is 0 Å². The zero-order valence-electron chi connectivity index (χ0n) is 8.60. The van der Waals surface area contributed by atoms with E-state index in [0.717, 1.165) is 6.54 Å². The Bertz CT molecular complexity index is 332. The minimum Gasteiger partial charge on any atom is -0.358 e. The van der Waals surface area contributed by atoms with E-state index in [0.29, 0.717) is 12.4 Å². The summed E-state index contributed by atoms with van der Waals surface area (Å²) in [7, 11) is 3.86. The summed E-state index contributed by atoms with van der Waals surface area (Å²) in [4.78, 5) is 16.1. The van der Waals surface area contributed by atoms with Gasteiger partial charge in [-0.05, 0) is 19.0 Å². The fraction of sp³-hybridized carbons (Fsp3) is 0.625. The molecule has 0 aromatic carbocycles. The number of nitro groups is 1. The summed E-state index contributed by atoms with van der Waals surface area (Å²) in [6.45, 7) is 3.12. The van der Waals surface area contributed by atoms with Gasteiger partial charge in [0.15, 0.2) is 5.82 Å². The van der Waals surface area contributed by atoms with Crippen molar-refractivity contribution in [2.45, 2.75) is 13.5 Å². The molecule has 0 radical (unpaired) electrons. The van der Waals surface area contributed by atoms with Crippen LogP contribution in [0.1, 0.15) is 5.82 Å². The average molecular weight is 198 g/mol. The highest BCUT2D eigenvalue weighted by atomic mass is 16.6. The van der Waals surface area contributed by atoms with E-state index in [1.165, 1.54) is 6.20 Å². The molecule has 0 amide bonds. The molecule has 0 aliphatic rings. The molecule has 0 bridgehead atoms. The Morgan fingerprint density at radius 1 is 1.64 bits per heavy atom. The van der Waals surface area contributed by atoms with Crippen molar-refractivity contribution in [3.8, 4) is 0 Å². The van der Waals surface area contributed by atoms with Gasteiger partial charge in [0.05, 0.1) is 0 Å². The van der Waals surface area contributed by atoms with Crippen LogP contribution < -0.4 is 0 Å². The van der Waals surface area contributed by atoms with Crippen molar-refractivity contribution in [1.82, 2.24) is 14.5 Å². The molecular formula is C8H14N4O2. The lowest BCUT2D eigenvalue weighted by Gasteiger charge is -2.08. The van der Waals surface area contributed by atoms with E-state index in [9.17, 15) is 10.1 Å². The number of imidazole rings is 1. The predicted octanol–water partition coefficient (Wildman–Crippen LogP) is 0.661. The van der Waals surface area contributed by atoms with Gasteiger partial charge < -0.3 is 15.0 Å². The summed E-state index contributed by atoms with van der Waals surface area (Å²) in [5, 5.41) is 10.6. The van der Waals surface area contributed by atoms with Gasteiger partial charge in [0, 0.05) is 13.5 Å². The quantitative estimate of drug-likeness (QED) is 0.526. The molecule has 1 aromatic rings. The lowest BCUT2D eigenvalue weighted by molar-refractivity contribution is -0.392. The van der Waals surface area contributed by atoms with E-state index in [-0.39, 0.29) is 5.82 Å². The SMILES string of the molecule is Cc1ncc([N+](=O)[O-])n1CCN(C)C. The van der Waals surface area contributed by atoms with Crippen LogP contribution in [0, 0.1) is 17.0 Å².